The van der Waals surface area contributed by atoms with Crippen LogP contribution in [-0.4, -0.2) is 0 Å². The average Bonchev–Trinajstić information content (AvgIpc) is 2.63. The minimum Gasteiger partial charge on any atom is -0.323 e. The third-order valence-electron chi connectivity index (χ3n) is 2.90. The Morgan fingerprint density at radius 2 is 1.83 bits per heavy atom. The number of rotatable bonds is 3. The third-order valence-corrected chi connectivity index (χ3v) is 4.19. The van der Waals surface area contributed by atoms with Gasteiger partial charge in [0.15, 0.2) is 0 Å². The molecule has 1 aromatic carbocycles. The van der Waals surface area contributed by atoms with Crippen molar-refractivity contribution in [3.63, 3.8) is 0 Å². The number of aryl methyl sites for hydroxylation is 2. The van der Waals surface area contributed by atoms with Crippen molar-refractivity contribution < 1.29 is 8.78 Å². The quantitative estimate of drug-likeness (QED) is 0.897. The molecule has 1 nitrogen and oxygen atoms in total. The fraction of sp³-hybridized carbons (Fsp3) is 0.286. The maximum atomic E-state index is 13.5. The standard InChI is InChI=1S/C14H15F2NS/c1-8-6-9(2)18-14(8)13(17)7-10-11(15)4-3-5-12(10)16/h3-6,13H,7,17H2,1-2H3. The largest absolute Gasteiger partial charge is 0.323 e. The van der Waals surface area contributed by atoms with Gasteiger partial charge >= 0.3 is 0 Å². The van der Waals surface area contributed by atoms with Crippen LogP contribution in [0.5, 0.6) is 0 Å². The Kier molecular flexibility index (Phi) is 3.78. The van der Waals surface area contributed by atoms with Crippen LogP contribution >= 0.6 is 11.3 Å². The lowest BCUT2D eigenvalue weighted by atomic mass is 10.0. The van der Waals surface area contributed by atoms with E-state index >= 15 is 0 Å². The fourth-order valence-electron chi connectivity index (χ4n) is 2.07. The first-order chi connectivity index (χ1) is 8.49. The molecule has 0 radical (unpaired) electrons. The zero-order valence-electron chi connectivity index (χ0n) is 10.3. The van der Waals surface area contributed by atoms with Gasteiger partial charge in [-0.3, -0.25) is 0 Å². The zero-order chi connectivity index (χ0) is 13.3. The molecule has 4 heteroatoms. The summed E-state index contributed by atoms with van der Waals surface area (Å²) in [6, 6.07) is 5.56. The molecule has 1 unspecified atom stereocenters. The lowest BCUT2D eigenvalue weighted by Crippen LogP contribution is -2.14. The third kappa shape index (κ3) is 2.60. The summed E-state index contributed by atoms with van der Waals surface area (Å²) in [6.45, 7) is 3.97. The highest BCUT2D eigenvalue weighted by atomic mass is 32.1. The Balaban J connectivity index is 2.26. The number of hydrogen-bond acceptors (Lipinski definition) is 2. The van der Waals surface area contributed by atoms with Crippen LogP contribution in [0.15, 0.2) is 24.3 Å². The summed E-state index contributed by atoms with van der Waals surface area (Å²) >= 11 is 1.58. The first-order valence-electron chi connectivity index (χ1n) is 5.74. The molecule has 1 aromatic heterocycles. The fourth-order valence-corrected chi connectivity index (χ4v) is 3.10. The highest BCUT2D eigenvalue weighted by molar-refractivity contribution is 7.12. The van der Waals surface area contributed by atoms with Gasteiger partial charge in [-0.25, -0.2) is 8.78 Å². The molecule has 2 rings (SSSR count). The van der Waals surface area contributed by atoms with E-state index in [0.717, 1.165) is 15.3 Å². The molecule has 2 N–H and O–H groups in total. The summed E-state index contributed by atoms with van der Waals surface area (Å²) in [6.07, 6.45) is 0.180. The van der Waals surface area contributed by atoms with Crippen LogP contribution in [-0.2, 0) is 6.42 Å². The van der Waals surface area contributed by atoms with Crippen molar-refractivity contribution in [3.8, 4) is 0 Å². The van der Waals surface area contributed by atoms with Crippen LogP contribution in [0.2, 0.25) is 0 Å². The SMILES string of the molecule is Cc1cc(C)c(C(N)Cc2c(F)cccc2F)s1. The minimum absolute atomic E-state index is 0.0652. The summed E-state index contributed by atoms with van der Waals surface area (Å²) in [4.78, 5) is 2.15. The number of benzene rings is 1. The monoisotopic (exact) mass is 267 g/mol. The summed E-state index contributed by atoms with van der Waals surface area (Å²) in [5, 5.41) is 0. The topological polar surface area (TPSA) is 26.0 Å². The predicted molar refractivity (Wildman–Crippen MR) is 70.8 cm³/mol. The molecular weight excluding hydrogens is 252 g/mol. The van der Waals surface area contributed by atoms with Gasteiger partial charge < -0.3 is 5.73 Å². The molecule has 0 aliphatic heterocycles. The normalized spacial score (nSPS) is 12.7. The van der Waals surface area contributed by atoms with E-state index in [1.54, 1.807) is 11.3 Å². The van der Waals surface area contributed by atoms with Crippen molar-refractivity contribution in [2.75, 3.05) is 0 Å². The van der Waals surface area contributed by atoms with Crippen molar-refractivity contribution in [2.24, 2.45) is 5.73 Å². The van der Waals surface area contributed by atoms with E-state index < -0.39 is 11.6 Å². The van der Waals surface area contributed by atoms with Gasteiger partial charge in [-0.1, -0.05) is 6.07 Å². The van der Waals surface area contributed by atoms with E-state index in [4.69, 9.17) is 5.73 Å². The predicted octanol–water partition coefficient (Wildman–Crippen LogP) is 3.89. The Hall–Kier alpha value is -1.26. The van der Waals surface area contributed by atoms with Crippen LogP contribution in [0.4, 0.5) is 8.78 Å². The number of thiophene rings is 1. The molecule has 0 spiro atoms. The van der Waals surface area contributed by atoms with E-state index in [2.05, 4.69) is 0 Å². The molecule has 0 fully saturated rings. The summed E-state index contributed by atoms with van der Waals surface area (Å²) < 4.78 is 27.1. The molecule has 1 heterocycles. The Morgan fingerprint density at radius 3 is 2.33 bits per heavy atom. The van der Waals surface area contributed by atoms with E-state index in [1.165, 1.54) is 18.2 Å². The van der Waals surface area contributed by atoms with Gasteiger partial charge in [0, 0.05) is 21.4 Å². The summed E-state index contributed by atoms with van der Waals surface area (Å²) in [5.41, 5.74) is 7.21. The van der Waals surface area contributed by atoms with Crippen molar-refractivity contribution in [3.05, 3.63) is 56.8 Å². The van der Waals surface area contributed by atoms with Crippen molar-refractivity contribution in [1.29, 1.82) is 0 Å². The lowest BCUT2D eigenvalue weighted by molar-refractivity contribution is 0.541. The molecule has 0 saturated heterocycles. The zero-order valence-corrected chi connectivity index (χ0v) is 11.2. The smallest absolute Gasteiger partial charge is 0.129 e. The van der Waals surface area contributed by atoms with Gasteiger partial charge in [-0.05, 0) is 44.0 Å². The number of nitrogens with two attached hydrogens (primary N) is 1. The first-order valence-corrected chi connectivity index (χ1v) is 6.56. The van der Waals surface area contributed by atoms with Crippen molar-refractivity contribution in [1.82, 2.24) is 0 Å². The van der Waals surface area contributed by atoms with Crippen LogP contribution in [0.25, 0.3) is 0 Å². The molecule has 0 aliphatic rings. The van der Waals surface area contributed by atoms with Crippen molar-refractivity contribution in [2.45, 2.75) is 26.3 Å². The van der Waals surface area contributed by atoms with Gasteiger partial charge in [0.25, 0.3) is 0 Å². The molecule has 0 saturated carbocycles. The number of hydrogen-bond donors (Lipinski definition) is 1. The molecule has 18 heavy (non-hydrogen) atoms. The van der Waals surface area contributed by atoms with E-state index in [9.17, 15) is 8.78 Å². The second kappa shape index (κ2) is 5.16. The highest BCUT2D eigenvalue weighted by Crippen LogP contribution is 2.29. The van der Waals surface area contributed by atoms with Gasteiger partial charge in [-0.2, -0.15) is 0 Å². The maximum Gasteiger partial charge on any atom is 0.129 e. The van der Waals surface area contributed by atoms with Gasteiger partial charge in [-0.15, -0.1) is 11.3 Å². The minimum atomic E-state index is -0.531. The second-order valence-electron chi connectivity index (χ2n) is 4.42. The van der Waals surface area contributed by atoms with E-state index in [-0.39, 0.29) is 18.0 Å². The second-order valence-corrected chi connectivity index (χ2v) is 5.70. The first kappa shape index (κ1) is 13.2. The number of halogens is 2. The molecule has 0 aliphatic carbocycles. The van der Waals surface area contributed by atoms with Crippen LogP contribution in [0.1, 0.15) is 26.9 Å². The van der Waals surface area contributed by atoms with Gasteiger partial charge in [0.05, 0.1) is 0 Å². The summed E-state index contributed by atoms with van der Waals surface area (Å²) in [7, 11) is 0. The Morgan fingerprint density at radius 1 is 1.22 bits per heavy atom. The lowest BCUT2D eigenvalue weighted by Gasteiger charge is -2.12. The molecule has 0 bridgehead atoms. The van der Waals surface area contributed by atoms with Gasteiger partial charge in [0.1, 0.15) is 11.6 Å². The highest BCUT2D eigenvalue weighted by Gasteiger charge is 2.17. The Bertz CT molecular complexity index is 543. The Labute approximate surface area is 109 Å². The van der Waals surface area contributed by atoms with Crippen LogP contribution in [0.3, 0.4) is 0 Å². The maximum absolute atomic E-state index is 13.5. The molecule has 2 aromatic rings. The van der Waals surface area contributed by atoms with E-state index in [1.807, 2.05) is 19.9 Å². The molecule has 1 atom stereocenters. The van der Waals surface area contributed by atoms with E-state index in [0.29, 0.717) is 0 Å². The molecular formula is C14H15F2NS. The molecule has 96 valence electrons. The molecule has 0 amide bonds. The summed E-state index contributed by atoms with van der Waals surface area (Å²) in [5.74, 6) is -1.06. The average molecular weight is 267 g/mol. The van der Waals surface area contributed by atoms with Gasteiger partial charge in [0.2, 0.25) is 0 Å². The van der Waals surface area contributed by atoms with Crippen LogP contribution < -0.4 is 5.73 Å². The van der Waals surface area contributed by atoms with Crippen molar-refractivity contribution >= 4 is 11.3 Å². The van der Waals surface area contributed by atoms with Crippen LogP contribution in [0, 0.1) is 25.5 Å².